The van der Waals surface area contributed by atoms with E-state index in [0.717, 1.165) is 0 Å². The molecule has 0 radical (unpaired) electrons. The molecule has 0 N–H and O–H groups in total. The Hall–Kier alpha value is -3.38. The van der Waals surface area contributed by atoms with Gasteiger partial charge in [-0.15, -0.1) is 0 Å². The van der Waals surface area contributed by atoms with Crippen molar-refractivity contribution in [2.75, 3.05) is 0 Å². The highest BCUT2D eigenvalue weighted by Crippen LogP contribution is 2.43. The smallest absolute Gasteiger partial charge is 0.00264 e. The second-order valence-electron chi connectivity index (χ2n) is 6.57. The highest BCUT2D eigenvalue weighted by molar-refractivity contribution is 6.21. The number of rotatable bonds is 2. The first-order chi connectivity index (χ1) is 17.9. The van der Waals surface area contributed by atoms with Gasteiger partial charge in [-0.2, -0.15) is 0 Å². The molecule has 0 heterocycles. The van der Waals surface area contributed by atoms with Crippen LogP contribution in [0.3, 0.4) is 0 Å². The summed E-state index contributed by atoms with van der Waals surface area (Å²) >= 11 is 0. The monoisotopic (exact) mass is 480 g/mol. The van der Waals surface area contributed by atoms with Crippen LogP contribution in [0.25, 0.3) is 43.8 Å². The summed E-state index contributed by atoms with van der Waals surface area (Å²) < 4.78 is 0. The highest BCUT2D eigenvalue weighted by Gasteiger charge is 2.15. The van der Waals surface area contributed by atoms with Crippen LogP contribution in [0.4, 0.5) is 0 Å². The Kier molecular flexibility index (Phi) is 18.0. The van der Waals surface area contributed by atoms with Crippen LogP contribution >= 0.6 is 0 Å². The largest absolute Gasteiger partial charge is 0.0683 e. The first kappa shape index (κ1) is 32.6. The van der Waals surface area contributed by atoms with Crippen LogP contribution in [-0.2, 0) is 0 Å². The Labute approximate surface area is 222 Å². The summed E-state index contributed by atoms with van der Waals surface area (Å²) in [7, 11) is 0. The fourth-order valence-corrected chi connectivity index (χ4v) is 3.96. The van der Waals surface area contributed by atoms with Gasteiger partial charge in [0.1, 0.15) is 0 Å². The zero-order valence-electron chi connectivity index (χ0n) is 24.4. The highest BCUT2D eigenvalue weighted by atomic mass is 14.2. The van der Waals surface area contributed by atoms with E-state index in [1.807, 2.05) is 69.2 Å². The molecule has 0 aliphatic heterocycles. The molecule has 0 spiro atoms. The molecule has 0 aliphatic carbocycles. The second-order valence-corrected chi connectivity index (χ2v) is 6.57. The molecule has 0 unspecified atom stereocenters. The third-order valence-electron chi connectivity index (χ3n) is 5.06. The maximum absolute atomic E-state index is 2.25. The van der Waals surface area contributed by atoms with E-state index in [0.29, 0.717) is 0 Å². The van der Waals surface area contributed by atoms with E-state index < -0.39 is 0 Å². The minimum absolute atomic E-state index is 1.26. The van der Waals surface area contributed by atoms with Crippen molar-refractivity contribution < 1.29 is 0 Å². The summed E-state index contributed by atoms with van der Waals surface area (Å²) in [5, 5.41) is 5.21. The number of fused-ring (bicyclic) bond motifs is 2. The Morgan fingerprint density at radius 1 is 0.250 bits per heavy atom. The predicted octanol–water partition coefficient (Wildman–Crippen LogP) is 12.5. The van der Waals surface area contributed by atoms with Gasteiger partial charge in [0, 0.05) is 0 Å². The minimum Gasteiger partial charge on any atom is -0.0683 e. The molecule has 0 nitrogen and oxygen atoms in total. The van der Waals surface area contributed by atoms with Crippen LogP contribution in [0.1, 0.15) is 69.2 Å². The van der Waals surface area contributed by atoms with Crippen LogP contribution in [0.2, 0.25) is 0 Å². The molecule has 0 aromatic heterocycles. The van der Waals surface area contributed by atoms with Crippen LogP contribution in [0.15, 0.2) is 109 Å². The normalized spacial score (nSPS) is 8.83. The number of benzene rings is 5. The Balaban J connectivity index is 0.00000110. The van der Waals surface area contributed by atoms with Gasteiger partial charge in [-0.05, 0) is 43.8 Å². The summed E-state index contributed by atoms with van der Waals surface area (Å²) in [6.45, 7) is 20.0. The molecule has 0 heteroatoms. The Morgan fingerprint density at radius 3 is 0.667 bits per heavy atom. The van der Waals surface area contributed by atoms with Gasteiger partial charge in [0.2, 0.25) is 0 Å². The molecule has 192 valence electrons. The lowest BCUT2D eigenvalue weighted by molar-refractivity contribution is 1.50. The molecular weight excluding hydrogens is 432 g/mol. The molecule has 0 bridgehead atoms. The fourth-order valence-electron chi connectivity index (χ4n) is 3.96. The van der Waals surface area contributed by atoms with Crippen molar-refractivity contribution in [2.45, 2.75) is 69.2 Å². The lowest BCUT2D eigenvalue weighted by Gasteiger charge is -2.17. The topological polar surface area (TPSA) is 0 Å². The van der Waals surface area contributed by atoms with Crippen molar-refractivity contribution in [3.63, 3.8) is 0 Å². The van der Waals surface area contributed by atoms with Crippen molar-refractivity contribution >= 4 is 21.5 Å². The van der Waals surface area contributed by atoms with Crippen molar-refractivity contribution in [1.82, 2.24) is 0 Å². The van der Waals surface area contributed by atoms with Gasteiger partial charge in [-0.1, -0.05) is 178 Å². The number of hydrogen-bond donors (Lipinski definition) is 0. The van der Waals surface area contributed by atoms with Gasteiger partial charge in [0.05, 0.1) is 0 Å². The molecule has 5 aromatic rings. The van der Waals surface area contributed by atoms with E-state index in [2.05, 4.69) is 109 Å². The fraction of sp³-hybridized carbons (Fsp3) is 0.278. The molecule has 0 aliphatic rings. The van der Waals surface area contributed by atoms with Crippen LogP contribution < -0.4 is 0 Å². The van der Waals surface area contributed by atoms with Gasteiger partial charge < -0.3 is 0 Å². The molecule has 0 amide bonds. The third kappa shape index (κ3) is 7.82. The quantitative estimate of drug-likeness (QED) is 0.220. The van der Waals surface area contributed by atoms with Gasteiger partial charge in [-0.25, -0.2) is 0 Å². The summed E-state index contributed by atoms with van der Waals surface area (Å²) in [6.07, 6.45) is 0. The van der Waals surface area contributed by atoms with Gasteiger partial charge >= 0.3 is 0 Å². The van der Waals surface area contributed by atoms with Crippen LogP contribution in [-0.4, -0.2) is 0 Å². The van der Waals surface area contributed by atoms with Crippen LogP contribution in [0.5, 0.6) is 0 Å². The molecule has 0 atom stereocenters. The molecular formula is C36H48. The van der Waals surface area contributed by atoms with Gasteiger partial charge in [0.15, 0.2) is 0 Å². The number of hydrogen-bond acceptors (Lipinski definition) is 0. The van der Waals surface area contributed by atoms with E-state index in [1.165, 1.54) is 43.8 Å². The lowest BCUT2D eigenvalue weighted by Crippen LogP contribution is -1.90. The van der Waals surface area contributed by atoms with Crippen molar-refractivity contribution in [1.29, 1.82) is 0 Å². The third-order valence-corrected chi connectivity index (χ3v) is 5.06. The molecule has 0 saturated heterocycles. The maximum Gasteiger partial charge on any atom is -0.00264 e. The SMILES string of the molecule is CC.CC.CC.CC.CC.c1ccc(-c2c3ccccc3c(-c3ccccc3)c3ccccc23)cc1. The van der Waals surface area contributed by atoms with Crippen molar-refractivity contribution in [2.24, 2.45) is 0 Å². The van der Waals surface area contributed by atoms with Crippen molar-refractivity contribution in [3.8, 4) is 22.3 Å². The van der Waals surface area contributed by atoms with Gasteiger partial charge in [-0.3, -0.25) is 0 Å². The predicted molar refractivity (Wildman–Crippen MR) is 169 cm³/mol. The summed E-state index contributed by atoms with van der Waals surface area (Å²) in [5.74, 6) is 0. The minimum atomic E-state index is 1.26. The molecule has 5 aromatic carbocycles. The summed E-state index contributed by atoms with van der Waals surface area (Å²) in [4.78, 5) is 0. The van der Waals surface area contributed by atoms with E-state index in [9.17, 15) is 0 Å². The van der Waals surface area contributed by atoms with Gasteiger partial charge in [0.25, 0.3) is 0 Å². The van der Waals surface area contributed by atoms with E-state index in [-0.39, 0.29) is 0 Å². The van der Waals surface area contributed by atoms with E-state index in [1.54, 1.807) is 0 Å². The first-order valence-electron chi connectivity index (χ1n) is 14.0. The lowest BCUT2D eigenvalue weighted by atomic mass is 9.86. The zero-order valence-corrected chi connectivity index (χ0v) is 24.4. The van der Waals surface area contributed by atoms with E-state index >= 15 is 0 Å². The molecule has 0 saturated carbocycles. The Bertz CT molecular complexity index is 1050. The summed E-state index contributed by atoms with van der Waals surface area (Å²) in [6, 6.07) is 39.0. The second kappa shape index (κ2) is 19.9. The standard InChI is InChI=1S/C26H18.5C2H6/c1-3-11-19(12-4-1)25-21-15-7-9-17-23(21)26(20-13-5-2-6-14-20)24-18-10-8-16-22(24)25;5*1-2/h1-18H;5*1-2H3. The average Bonchev–Trinajstić information content (AvgIpc) is 3.02. The van der Waals surface area contributed by atoms with Crippen LogP contribution in [0, 0.1) is 0 Å². The maximum atomic E-state index is 2.25. The molecule has 5 rings (SSSR count). The van der Waals surface area contributed by atoms with Crippen molar-refractivity contribution in [3.05, 3.63) is 109 Å². The average molecular weight is 481 g/mol. The molecule has 36 heavy (non-hydrogen) atoms. The Morgan fingerprint density at radius 2 is 0.444 bits per heavy atom. The van der Waals surface area contributed by atoms with E-state index in [4.69, 9.17) is 0 Å². The summed E-state index contributed by atoms with van der Waals surface area (Å²) in [5.41, 5.74) is 5.16. The molecule has 0 fully saturated rings. The zero-order chi connectivity index (χ0) is 27.3. The first-order valence-corrected chi connectivity index (χ1v) is 14.0.